The minimum Gasteiger partial charge on any atom is -0.361 e. The van der Waals surface area contributed by atoms with Crippen LogP contribution in [0.25, 0.3) is 0 Å². The lowest BCUT2D eigenvalue weighted by molar-refractivity contribution is -0.131. The van der Waals surface area contributed by atoms with Gasteiger partial charge < -0.3 is 5.11 Å². The predicted octanol–water partition coefficient (Wildman–Crippen LogP) is -1.12. The Hall–Kier alpha value is -0.870. The normalized spacial score (nSPS) is 25.5. The van der Waals surface area contributed by atoms with E-state index in [9.17, 15) is 4.79 Å². The van der Waals surface area contributed by atoms with E-state index in [1.54, 1.807) is 6.08 Å². The van der Waals surface area contributed by atoms with E-state index in [1.807, 2.05) is 0 Å². The SMILES string of the molecule is C=CCN1C(=O)CNC1O. The van der Waals surface area contributed by atoms with Crippen molar-refractivity contribution in [3.8, 4) is 0 Å². The fraction of sp³-hybridized carbons (Fsp3) is 0.500. The van der Waals surface area contributed by atoms with E-state index in [2.05, 4.69) is 11.9 Å². The molecule has 0 saturated carbocycles. The molecule has 0 aromatic rings. The van der Waals surface area contributed by atoms with Crippen molar-refractivity contribution in [1.82, 2.24) is 10.2 Å². The number of rotatable bonds is 2. The number of carbonyl (C=O) groups excluding carboxylic acids is 1. The quantitative estimate of drug-likeness (QED) is 0.480. The summed E-state index contributed by atoms with van der Waals surface area (Å²) in [5, 5.41) is 11.6. The summed E-state index contributed by atoms with van der Waals surface area (Å²) >= 11 is 0. The molecule has 0 bridgehead atoms. The molecule has 1 saturated heterocycles. The second-order valence-corrected chi connectivity index (χ2v) is 2.09. The number of aliphatic hydroxyl groups excluding tert-OH is 1. The number of nitrogens with zero attached hydrogens (tertiary/aromatic N) is 1. The average Bonchev–Trinajstić information content (AvgIpc) is 2.20. The Bertz CT molecular complexity index is 158. The first-order chi connectivity index (χ1) is 4.75. The highest BCUT2D eigenvalue weighted by Gasteiger charge is 2.26. The first kappa shape index (κ1) is 7.24. The van der Waals surface area contributed by atoms with Crippen molar-refractivity contribution in [2.24, 2.45) is 0 Å². The molecule has 1 rings (SSSR count). The second-order valence-electron chi connectivity index (χ2n) is 2.09. The summed E-state index contributed by atoms with van der Waals surface area (Å²) in [4.78, 5) is 12.1. The van der Waals surface area contributed by atoms with E-state index in [0.29, 0.717) is 6.54 Å². The first-order valence-corrected chi connectivity index (χ1v) is 3.07. The molecular weight excluding hydrogens is 132 g/mol. The van der Waals surface area contributed by atoms with Gasteiger partial charge in [-0.25, -0.2) is 0 Å². The van der Waals surface area contributed by atoms with Gasteiger partial charge in [0.25, 0.3) is 0 Å². The summed E-state index contributed by atoms with van der Waals surface area (Å²) in [5.41, 5.74) is 0. The molecule has 0 aromatic carbocycles. The first-order valence-electron chi connectivity index (χ1n) is 3.07. The maximum atomic E-state index is 10.8. The third-order valence-corrected chi connectivity index (χ3v) is 1.38. The number of hydrogen-bond acceptors (Lipinski definition) is 3. The number of amides is 1. The molecular formula is C6H10N2O2. The molecule has 1 aliphatic rings. The third kappa shape index (κ3) is 1.17. The molecule has 1 unspecified atom stereocenters. The van der Waals surface area contributed by atoms with E-state index in [1.165, 1.54) is 4.90 Å². The van der Waals surface area contributed by atoms with E-state index in [4.69, 9.17) is 5.11 Å². The smallest absolute Gasteiger partial charge is 0.240 e. The van der Waals surface area contributed by atoms with Crippen LogP contribution < -0.4 is 5.32 Å². The number of hydrogen-bond donors (Lipinski definition) is 2. The lowest BCUT2D eigenvalue weighted by Crippen LogP contribution is -2.36. The van der Waals surface area contributed by atoms with Crippen molar-refractivity contribution in [2.75, 3.05) is 13.1 Å². The zero-order chi connectivity index (χ0) is 7.56. The second kappa shape index (κ2) is 2.81. The molecule has 1 heterocycles. The van der Waals surface area contributed by atoms with Gasteiger partial charge >= 0.3 is 0 Å². The zero-order valence-corrected chi connectivity index (χ0v) is 5.58. The molecule has 4 heteroatoms. The van der Waals surface area contributed by atoms with Crippen molar-refractivity contribution in [3.05, 3.63) is 12.7 Å². The number of carbonyl (C=O) groups is 1. The van der Waals surface area contributed by atoms with Crippen molar-refractivity contribution in [1.29, 1.82) is 0 Å². The van der Waals surface area contributed by atoms with Crippen LogP contribution in [-0.2, 0) is 4.79 Å². The van der Waals surface area contributed by atoms with Crippen LogP contribution in [0.1, 0.15) is 0 Å². The van der Waals surface area contributed by atoms with Gasteiger partial charge in [0.2, 0.25) is 5.91 Å². The Morgan fingerprint density at radius 2 is 2.70 bits per heavy atom. The predicted molar refractivity (Wildman–Crippen MR) is 35.9 cm³/mol. The molecule has 2 N–H and O–H groups in total. The van der Waals surface area contributed by atoms with Crippen LogP contribution in [0.5, 0.6) is 0 Å². The Morgan fingerprint density at radius 1 is 2.00 bits per heavy atom. The van der Waals surface area contributed by atoms with Crippen molar-refractivity contribution in [3.63, 3.8) is 0 Å². The molecule has 10 heavy (non-hydrogen) atoms. The Kier molecular flexibility index (Phi) is 2.03. The molecule has 0 aromatic heterocycles. The fourth-order valence-corrected chi connectivity index (χ4v) is 0.867. The Labute approximate surface area is 59.1 Å². The van der Waals surface area contributed by atoms with Crippen LogP contribution in [0.2, 0.25) is 0 Å². The highest BCUT2D eigenvalue weighted by molar-refractivity contribution is 5.80. The summed E-state index contributed by atoms with van der Waals surface area (Å²) in [7, 11) is 0. The van der Waals surface area contributed by atoms with Crippen molar-refractivity contribution in [2.45, 2.75) is 6.35 Å². The summed E-state index contributed by atoms with van der Waals surface area (Å²) in [6.07, 6.45) is 0.749. The van der Waals surface area contributed by atoms with Gasteiger partial charge in [0.15, 0.2) is 6.35 Å². The molecule has 56 valence electrons. The Morgan fingerprint density at radius 3 is 3.10 bits per heavy atom. The van der Waals surface area contributed by atoms with Gasteiger partial charge in [-0.1, -0.05) is 6.08 Å². The summed E-state index contributed by atoms with van der Waals surface area (Å²) in [6.45, 7) is 4.07. The molecule has 0 radical (unpaired) electrons. The van der Waals surface area contributed by atoms with Crippen LogP contribution in [0, 0.1) is 0 Å². The van der Waals surface area contributed by atoms with Crippen molar-refractivity contribution < 1.29 is 9.90 Å². The van der Waals surface area contributed by atoms with Crippen LogP contribution in [0.4, 0.5) is 0 Å². The minimum atomic E-state index is -0.828. The minimum absolute atomic E-state index is 0.0904. The van der Waals surface area contributed by atoms with Crippen molar-refractivity contribution >= 4 is 5.91 Å². The lowest BCUT2D eigenvalue weighted by atomic mass is 10.5. The molecule has 1 amide bonds. The highest BCUT2D eigenvalue weighted by Crippen LogP contribution is 2.00. The van der Waals surface area contributed by atoms with Gasteiger partial charge in [-0.3, -0.25) is 15.0 Å². The molecule has 4 nitrogen and oxygen atoms in total. The standard InChI is InChI=1S/C6H10N2O2/c1-2-3-8-5(9)4-7-6(8)10/h2,6-7,10H,1,3-4H2. The lowest BCUT2D eigenvalue weighted by Gasteiger charge is -2.16. The molecule has 1 aliphatic heterocycles. The highest BCUT2D eigenvalue weighted by atomic mass is 16.3. The van der Waals surface area contributed by atoms with Crippen LogP contribution >= 0.6 is 0 Å². The molecule has 0 spiro atoms. The summed E-state index contributed by atoms with van der Waals surface area (Å²) in [6, 6.07) is 0. The molecule has 1 atom stereocenters. The van der Waals surface area contributed by atoms with Crippen LogP contribution in [0.15, 0.2) is 12.7 Å². The summed E-state index contributed by atoms with van der Waals surface area (Å²) in [5.74, 6) is -0.0904. The van der Waals surface area contributed by atoms with Gasteiger partial charge in [-0.15, -0.1) is 6.58 Å². The number of nitrogens with one attached hydrogen (secondary N) is 1. The van der Waals surface area contributed by atoms with E-state index in [-0.39, 0.29) is 12.5 Å². The average molecular weight is 142 g/mol. The van der Waals surface area contributed by atoms with Gasteiger partial charge in [-0.2, -0.15) is 0 Å². The van der Waals surface area contributed by atoms with Gasteiger partial charge in [-0.05, 0) is 0 Å². The maximum absolute atomic E-state index is 10.8. The third-order valence-electron chi connectivity index (χ3n) is 1.38. The zero-order valence-electron chi connectivity index (χ0n) is 5.58. The summed E-state index contributed by atoms with van der Waals surface area (Å²) < 4.78 is 0. The topological polar surface area (TPSA) is 52.6 Å². The van der Waals surface area contributed by atoms with Gasteiger partial charge in [0.1, 0.15) is 0 Å². The van der Waals surface area contributed by atoms with Gasteiger partial charge in [0.05, 0.1) is 6.54 Å². The molecule has 1 fully saturated rings. The largest absolute Gasteiger partial charge is 0.361 e. The maximum Gasteiger partial charge on any atom is 0.240 e. The molecule has 0 aliphatic carbocycles. The van der Waals surface area contributed by atoms with E-state index >= 15 is 0 Å². The monoisotopic (exact) mass is 142 g/mol. The van der Waals surface area contributed by atoms with E-state index < -0.39 is 6.35 Å². The van der Waals surface area contributed by atoms with E-state index in [0.717, 1.165) is 0 Å². The number of aliphatic hydroxyl groups is 1. The fourth-order valence-electron chi connectivity index (χ4n) is 0.867. The van der Waals surface area contributed by atoms with Crippen LogP contribution in [-0.4, -0.2) is 35.4 Å². The Balaban J connectivity index is 2.53. The van der Waals surface area contributed by atoms with Crippen LogP contribution in [0.3, 0.4) is 0 Å². The van der Waals surface area contributed by atoms with Gasteiger partial charge in [0, 0.05) is 6.54 Å².